The Morgan fingerprint density at radius 3 is 2.79 bits per heavy atom. The first-order valence-corrected chi connectivity index (χ1v) is 13.8. The minimum Gasteiger partial charge on any atom is -0.507 e. The standard InChI is InChI=1S/C29H40N8O/c1-5-16-36(21-11-14-30-15-12-21)19-35(4)29(31-6-2)37-17-13-24-27(20(37)3)23-18-25(33-34-28(23)32-24)22-9-7-8-10-26(22)38/h6-10,18,20-21,30,38H,2,5,11-17,19H2,1,3-4H3,(H,32,34)/t20-/m1/s1. The predicted molar refractivity (Wildman–Crippen MR) is 153 cm³/mol. The van der Waals surface area contributed by atoms with E-state index < -0.39 is 0 Å². The largest absolute Gasteiger partial charge is 0.507 e. The second-order valence-electron chi connectivity index (χ2n) is 10.4. The van der Waals surface area contributed by atoms with Gasteiger partial charge in [0.05, 0.1) is 18.4 Å². The zero-order valence-corrected chi connectivity index (χ0v) is 22.8. The summed E-state index contributed by atoms with van der Waals surface area (Å²) in [7, 11) is 2.14. The first-order valence-electron chi connectivity index (χ1n) is 13.8. The van der Waals surface area contributed by atoms with Gasteiger partial charge in [-0.25, -0.2) is 4.99 Å². The molecule has 0 bridgehead atoms. The Kier molecular flexibility index (Phi) is 7.95. The number of aliphatic imine (C=N–C) groups is 1. The third-order valence-corrected chi connectivity index (χ3v) is 7.88. The quantitative estimate of drug-likeness (QED) is 0.247. The highest BCUT2D eigenvalue weighted by atomic mass is 16.3. The fraction of sp³-hybridized carbons (Fsp3) is 0.483. The molecular formula is C29H40N8O. The number of rotatable bonds is 7. The fourth-order valence-electron chi connectivity index (χ4n) is 6.05. The lowest BCUT2D eigenvalue weighted by atomic mass is 9.97. The van der Waals surface area contributed by atoms with Crippen molar-refractivity contribution in [2.24, 2.45) is 4.99 Å². The summed E-state index contributed by atoms with van der Waals surface area (Å²) >= 11 is 0. The summed E-state index contributed by atoms with van der Waals surface area (Å²) in [6, 6.07) is 9.97. The van der Waals surface area contributed by atoms with Crippen LogP contribution in [0.2, 0.25) is 0 Å². The van der Waals surface area contributed by atoms with E-state index in [9.17, 15) is 5.11 Å². The van der Waals surface area contributed by atoms with Gasteiger partial charge in [-0.15, -0.1) is 10.2 Å². The van der Waals surface area contributed by atoms with Crippen LogP contribution in [0.4, 0.5) is 0 Å². The topological polar surface area (TPSA) is 95.9 Å². The van der Waals surface area contributed by atoms with Crippen molar-refractivity contribution < 1.29 is 5.11 Å². The zero-order valence-electron chi connectivity index (χ0n) is 22.8. The van der Waals surface area contributed by atoms with E-state index >= 15 is 0 Å². The molecule has 3 N–H and O–H groups in total. The number of phenols is 1. The molecule has 2 aliphatic rings. The highest BCUT2D eigenvalue weighted by Gasteiger charge is 2.32. The predicted octanol–water partition coefficient (Wildman–Crippen LogP) is 4.10. The SMILES string of the molecule is C=CN=C(N(C)CN(CCC)C1CCNCC1)N1CCc2[nH]c3nnc(-c4ccccc4O)cc3c2[C@H]1C. The van der Waals surface area contributed by atoms with Gasteiger partial charge in [0.1, 0.15) is 5.75 Å². The molecule has 0 aliphatic carbocycles. The maximum absolute atomic E-state index is 10.4. The van der Waals surface area contributed by atoms with Crippen molar-refractivity contribution in [1.82, 2.24) is 35.2 Å². The summed E-state index contributed by atoms with van der Waals surface area (Å²) in [5.41, 5.74) is 4.52. The molecule has 2 aromatic heterocycles. The van der Waals surface area contributed by atoms with Gasteiger partial charge in [-0.1, -0.05) is 25.6 Å². The molecule has 0 amide bonds. The van der Waals surface area contributed by atoms with Crippen LogP contribution in [0.15, 0.2) is 48.1 Å². The number of phenolic OH excluding ortho intramolecular Hbond substituents is 1. The molecule has 5 rings (SSSR count). The van der Waals surface area contributed by atoms with Crippen molar-refractivity contribution >= 4 is 17.0 Å². The van der Waals surface area contributed by atoms with Crippen LogP contribution in [0.5, 0.6) is 5.75 Å². The van der Waals surface area contributed by atoms with E-state index in [0.717, 1.165) is 62.7 Å². The van der Waals surface area contributed by atoms with Gasteiger partial charge in [0.15, 0.2) is 5.65 Å². The maximum atomic E-state index is 10.4. The number of fused-ring (bicyclic) bond motifs is 3. The number of benzene rings is 1. The summed E-state index contributed by atoms with van der Waals surface area (Å²) in [5, 5.41) is 23.8. The van der Waals surface area contributed by atoms with E-state index in [1.54, 1.807) is 12.3 Å². The van der Waals surface area contributed by atoms with Crippen LogP contribution in [0.3, 0.4) is 0 Å². The molecular weight excluding hydrogens is 476 g/mol. The molecule has 1 atom stereocenters. The molecule has 9 heteroatoms. The molecule has 202 valence electrons. The third kappa shape index (κ3) is 5.13. The summed E-state index contributed by atoms with van der Waals surface area (Å²) < 4.78 is 0. The molecule has 1 saturated heterocycles. The minimum atomic E-state index is 0.0774. The average Bonchev–Trinajstić information content (AvgIpc) is 3.31. The van der Waals surface area contributed by atoms with Crippen LogP contribution in [-0.4, -0.2) is 86.9 Å². The Hall–Kier alpha value is -3.43. The minimum absolute atomic E-state index is 0.0774. The maximum Gasteiger partial charge on any atom is 0.202 e. The lowest BCUT2D eigenvalue weighted by Crippen LogP contribution is -2.53. The Morgan fingerprint density at radius 2 is 2.05 bits per heavy atom. The van der Waals surface area contributed by atoms with Crippen molar-refractivity contribution in [2.75, 3.05) is 39.9 Å². The van der Waals surface area contributed by atoms with Crippen LogP contribution >= 0.6 is 0 Å². The molecule has 4 heterocycles. The summed E-state index contributed by atoms with van der Waals surface area (Å²) in [6.45, 7) is 13.3. The number of guanidine groups is 1. The molecule has 1 aromatic carbocycles. The number of aromatic amines is 1. The van der Waals surface area contributed by atoms with E-state index in [4.69, 9.17) is 4.99 Å². The summed E-state index contributed by atoms with van der Waals surface area (Å²) in [5.74, 6) is 1.14. The number of hydrogen-bond acceptors (Lipinski definition) is 6. The van der Waals surface area contributed by atoms with Gasteiger partial charge < -0.3 is 25.2 Å². The molecule has 0 radical (unpaired) electrons. The molecule has 0 spiro atoms. The number of nitrogens with one attached hydrogen (secondary N) is 2. The van der Waals surface area contributed by atoms with Gasteiger partial charge in [-0.2, -0.15) is 0 Å². The Balaban J connectivity index is 1.44. The molecule has 1 fully saturated rings. The number of piperidine rings is 1. The van der Waals surface area contributed by atoms with E-state index in [2.05, 4.69) is 62.7 Å². The van der Waals surface area contributed by atoms with E-state index in [1.807, 2.05) is 24.3 Å². The molecule has 0 unspecified atom stereocenters. The van der Waals surface area contributed by atoms with Crippen molar-refractivity contribution in [1.29, 1.82) is 0 Å². The van der Waals surface area contributed by atoms with E-state index in [0.29, 0.717) is 17.3 Å². The number of H-pyrrole nitrogens is 1. The average molecular weight is 517 g/mol. The second kappa shape index (κ2) is 11.5. The molecule has 38 heavy (non-hydrogen) atoms. The normalized spacial score (nSPS) is 18.7. The van der Waals surface area contributed by atoms with Crippen LogP contribution < -0.4 is 5.32 Å². The Morgan fingerprint density at radius 1 is 1.26 bits per heavy atom. The van der Waals surface area contributed by atoms with Crippen LogP contribution in [-0.2, 0) is 6.42 Å². The lowest BCUT2D eigenvalue weighted by Gasteiger charge is -2.42. The van der Waals surface area contributed by atoms with Crippen molar-refractivity contribution in [3.63, 3.8) is 0 Å². The van der Waals surface area contributed by atoms with Gasteiger partial charge in [0.2, 0.25) is 5.96 Å². The first kappa shape index (κ1) is 26.2. The van der Waals surface area contributed by atoms with Gasteiger partial charge in [-0.05, 0) is 64.0 Å². The summed E-state index contributed by atoms with van der Waals surface area (Å²) in [4.78, 5) is 15.6. The van der Waals surface area contributed by atoms with Gasteiger partial charge in [0.25, 0.3) is 0 Å². The number of hydrogen-bond donors (Lipinski definition) is 3. The second-order valence-corrected chi connectivity index (χ2v) is 10.4. The Bertz CT molecular complexity index is 1290. The van der Waals surface area contributed by atoms with Gasteiger partial charge in [0, 0.05) is 54.5 Å². The van der Waals surface area contributed by atoms with E-state index in [1.165, 1.54) is 24.1 Å². The Labute approximate surface area is 225 Å². The number of para-hydroxylation sites is 1. The monoisotopic (exact) mass is 516 g/mol. The summed E-state index contributed by atoms with van der Waals surface area (Å²) in [6.07, 6.45) is 6.01. The molecule has 3 aromatic rings. The number of aromatic hydroxyl groups is 1. The van der Waals surface area contributed by atoms with Crippen molar-refractivity contribution in [2.45, 2.75) is 51.6 Å². The van der Waals surface area contributed by atoms with Crippen LogP contribution in [0, 0.1) is 0 Å². The smallest absolute Gasteiger partial charge is 0.202 e. The first-order chi connectivity index (χ1) is 18.5. The molecule has 2 aliphatic heterocycles. The third-order valence-electron chi connectivity index (χ3n) is 7.88. The highest BCUT2D eigenvalue weighted by molar-refractivity contribution is 5.88. The van der Waals surface area contributed by atoms with Gasteiger partial charge >= 0.3 is 0 Å². The highest BCUT2D eigenvalue weighted by Crippen LogP contribution is 2.37. The van der Waals surface area contributed by atoms with Crippen molar-refractivity contribution in [3.05, 3.63) is 54.4 Å². The van der Waals surface area contributed by atoms with Crippen LogP contribution in [0.25, 0.3) is 22.3 Å². The molecule has 0 saturated carbocycles. The molecule has 9 nitrogen and oxygen atoms in total. The lowest BCUT2D eigenvalue weighted by molar-refractivity contribution is 0.111. The van der Waals surface area contributed by atoms with Crippen molar-refractivity contribution in [3.8, 4) is 17.0 Å². The zero-order chi connectivity index (χ0) is 26.6. The fourth-order valence-corrected chi connectivity index (χ4v) is 6.05. The van der Waals surface area contributed by atoms with E-state index in [-0.39, 0.29) is 11.8 Å². The number of nitrogens with zero attached hydrogens (tertiary/aromatic N) is 6. The van der Waals surface area contributed by atoms with Crippen LogP contribution in [0.1, 0.15) is 50.4 Å². The number of aromatic nitrogens is 3. The van der Waals surface area contributed by atoms with Gasteiger partial charge in [-0.3, -0.25) is 4.90 Å².